The summed E-state index contributed by atoms with van der Waals surface area (Å²) in [6, 6.07) is 6.08. The summed E-state index contributed by atoms with van der Waals surface area (Å²) in [5.41, 5.74) is 2.43. The highest BCUT2D eigenvalue weighted by molar-refractivity contribution is 7.19. The molecule has 0 aromatic carbocycles. The maximum Gasteiger partial charge on any atom is 0.160 e. The van der Waals surface area contributed by atoms with Crippen molar-refractivity contribution in [1.29, 1.82) is 0 Å². The van der Waals surface area contributed by atoms with Gasteiger partial charge < -0.3 is 4.90 Å². The maximum atomic E-state index is 4.77. The molecule has 4 aromatic rings. The maximum absolute atomic E-state index is 4.77. The average Bonchev–Trinajstić information content (AvgIpc) is 3.35. The Balaban J connectivity index is 1.40. The summed E-state index contributed by atoms with van der Waals surface area (Å²) in [4.78, 5) is 14.5. The van der Waals surface area contributed by atoms with Gasteiger partial charge in [-0.2, -0.15) is 0 Å². The third-order valence-corrected chi connectivity index (χ3v) is 7.36. The number of hydrogen-bond acceptors (Lipinski definition) is 6. The number of aryl methyl sites for hydroxylation is 2. The summed E-state index contributed by atoms with van der Waals surface area (Å²) in [6.45, 7) is 1.98. The fourth-order valence-corrected chi connectivity index (χ4v) is 6.06. The summed E-state index contributed by atoms with van der Waals surface area (Å²) < 4.78 is 2.14. The van der Waals surface area contributed by atoms with Crippen LogP contribution in [0.4, 0.5) is 5.82 Å². The first-order valence-corrected chi connectivity index (χ1v) is 11.0. The van der Waals surface area contributed by atoms with Crippen LogP contribution in [0.15, 0.2) is 30.7 Å². The molecule has 0 saturated carbocycles. The van der Waals surface area contributed by atoms with E-state index in [-0.39, 0.29) is 0 Å². The van der Waals surface area contributed by atoms with Gasteiger partial charge in [0, 0.05) is 30.1 Å². The van der Waals surface area contributed by atoms with Gasteiger partial charge >= 0.3 is 0 Å². The van der Waals surface area contributed by atoms with Crippen LogP contribution < -0.4 is 4.90 Å². The lowest BCUT2D eigenvalue weighted by molar-refractivity contribution is 0.486. The predicted molar refractivity (Wildman–Crippen MR) is 111 cm³/mol. The van der Waals surface area contributed by atoms with Gasteiger partial charge in [0.2, 0.25) is 0 Å². The largest absolute Gasteiger partial charge is 0.355 e. The van der Waals surface area contributed by atoms with Gasteiger partial charge in [-0.25, -0.2) is 9.97 Å². The molecule has 0 spiro atoms. The summed E-state index contributed by atoms with van der Waals surface area (Å²) >= 11 is 1.87. The molecular weight excluding hydrogens is 368 g/mol. The lowest BCUT2D eigenvalue weighted by Crippen LogP contribution is -2.35. The zero-order valence-corrected chi connectivity index (χ0v) is 16.5. The number of rotatable bonds is 2. The van der Waals surface area contributed by atoms with E-state index in [0.29, 0.717) is 5.92 Å². The third-order valence-electron chi connectivity index (χ3n) is 6.16. The number of hydrogen-bond donors (Lipinski definition) is 0. The van der Waals surface area contributed by atoms with Crippen LogP contribution in [0.3, 0.4) is 0 Å². The number of fused-ring (bicyclic) bond motifs is 4. The van der Waals surface area contributed by atoms with Crippen molar-refractivity contribution in [2.45, 2.75) is 44.4 Å². The van der Waals surface area contributed by atoms with E-state index in [1.165, 1.54) is 41.5 Å². The molecule has 1 atom stereocenters. The summed E-state index contributed by atoms with van der Waals surface area (Å²) in [5.74, 6) is 2.56. The van der Waals surface area contributed by atoms with Crippen molar-refractivity contribution in [3.05, 3.63) is 47.0 Å². The SMILES string of the molecule is c1ccn2c(C3CCCN(c4ncnc5sc6c(c45)CCCC6)C3)nnc2c1. The molecule has 1 saturated heterocycles. The molecule has 28 heavy (non-hydrogen) atoms. The van der Waals surface area contributed by atoms with Crippen LogP contribution in [-0.4, -0.2) is 37.7 Å². The number of piperidine rings is 1. The molecule has 1 unspecified atom stereocenters. The molecule has 5 heterocycles. The van der Waals surface area contributed by atoms with Crippen LogP contribution in [0.25, 0.3) is 15.9 Å². The Labute approximate surface area is 167 Å². The first-order chi connectivity index (χ1) is 13.9. The second-order valence-corrected chi connectivity index (χ2v) is 8.94. The molecule has 1 aliphatic heterocycles. The highest BCUT2D eigenvalue weighted by Gasteiger charge is 2.29. The topological polar surface area (TPSA) is 59.2 Å². The molecular formula is C21H22N6S. The monoisotopic (exact) mass is 390 g/mol. The van der Waals surface area contributed by atoms with Gasteiger partial charge in [-0.1, -0.05) is 6.07 Å². The highest BCUT2D eigenvalue weighted by Crippen LogP contribution is 2.40. The van der Waals surface area contributed by atoms with Crippen molar-refractivity contribution in [1.82, 2.24) is 24.6 Å². The minimum absolute atomic E-state index is 0.366. The molecule has 4 aromatic heterocycles. The Kier molecular flexibility index (Phi) is 3.82. The van der Waals surface area contributed by atoms with E-state index in [2.05, 4.69) is 30.7 Å². The first-order valence-electron chi connectivity index (χ1n) is 10.2. The second-order valence-electron chi connectivity index (χ2n) is 7.86. The van der Waals surface area contributed by atoms with Gasteiger partial charge in [0.05, 0.1) is 5.39 Å². The molecule has 0 amide bonds. The lowest BCUT2D eigenvalue weighted by Gasteiger charge is -2.33. The Bertz CT molecular complexity index is 1160. The van der Waals surface area contributed by atoms with Crippen molar-refractivity contribution in [2.24, 2.45) is 0 Å². The molecule has 1 fully saturated rings. The third kappa shape index (κ3) is 2.53. The molecule has 1 aliphatic carbocycles. The molecule has 142 valence electrons. The van der Waals surface area contributed by atoms with E-state index in [1.54, 1.807) is 6.33 Å². The van der Waals surface area contributed by atoms with E-state index in [9.17, 15) is 0 Å². The molecule has 0 bridgehead atoms. The smallest absolute Gasteiger partial charge is 0.160 e. The van der Waals surface area contributed by atoms with E-state index in [1.807, 2.05) is 29.5 Å². The predicted octanol–water partition coefficient (Wildman–Crippen LogP) is 4.00. The van der Waals surface area contributed by atoms with E-state index < -0.39 is 0 Å². The van der Waals surface area contributed by atoms with Gasteiger partial charge in [-0.15, -0.1) is 21.5 Å². The zero-order chi connectivity index (χ0) is 18.5. The van der Waals surface area contributed by atoms with E-state index in [0.717, 1.165) is 48.1 Å². The lowest BCUT2D eigenvalue weighted by atomic mass is 9.95. The zero-order valence-electron chi connectivity index (χ0n) is 15.7. The van der Waals surface area contributed by atoms with E-state index in [4.69, 9.17) is 4.98 Å². The molecule has 7 heteroatoms. The number of anilines is 1. The van der Waals surface area contributed by atoms with Crippen molar-refractivity contribution >= 4 is 33.0 Å². The first kappa shape index (κ1) is 16.4. The van der Waals surface area contributed by atoms with Crippen LogP contribution in [-0.2, 0) is 12.8 Å². The Hall–Kier alpha value is -2.54. The minimum atomic E-state index is 0.366. The van der Waals surface area contributed by atoms with Gasteiger partial charge in [-0.05, 0) is 56.2 Å². The summed E-state index contributed by atoms with van der Waals surface area (Å²) in [7, 11) is 0. The van der Waals surface area contributed by atoms with Crippen LogP contribution >= 0.6 is 11.3 Å². The Morgan fingerprint density at radius 2 is 2.00 bits per heavy atom. The molecule has 0 radical (unpaired) electrons. The second kappa shape index (κ2) is 6.51. The van der Waals surface area contributed by atoms with Gasteiger partial charge in [0.15, 0.2) is 5.65 Å². The standard InChI is InChI=1S/C21H22N6S/c1-2-8-16-15(7-1)18-20(22-13-23-21(18)28-16)26-10-5-6-14(12-26)19-25-24-17-9-3-4-11-27(17)19/h3-4,9,11,13-14H,1-2,5-8,10,12H2. The summed E-state index contributed by atoms with van der Waals surface area (Å²) in [6.07, 6.45) is 11.0. The fourth-order valence-electron chi connectivity index (χ4n) is 4.83. The van der Waals surface area contributed by atoms with E-state index >= 15 is 0 Å². The highest BCUT2D eigenvalue weighted by atomic mass is 32.1. The van der Waals surface area contributed by atoms with Crippen molar-refractivity contribution in [3.63, 3.8) is 0 Å². The fraction of sp³-hybridized carbons (Fsp3) is 0.429. The summed E-state index contributed by atoms with van der Waals surface area (Å²) in [5, 5.41) is 10.2. The number of thiophene rings is 1. The number of pyridine rings is 1. The quantitative estimate of drug-likeness (QED) is 0.518. The van der Waals surface area contributed by atoms with Crippen LogP contribution in [0.1, 0.15) is 47.9 Å². The van der Waals surface area contributed by atoms with Crippen LogP contribution in [0, 0.1) is 0 Å². The number of aromatic nitrogens is 5. The minimum Gasteiger partial charge on any atom is -0.355 e. The Morgan fingerprint density at radius 3 is 3.00 bits per heavy atom. The molecule has 0 N–H and O–H groups in total. The molecule has 6 rings (SSSR count). The average molecular weight is 391 g/mol. The molecule has 2 aliphatic rings. The van der Waals surface area contributed by atoms with Gasteiger partial charge in [-0.3, -0.25) is 4.40 Å². The van der Waals surface area contributed by atoms with Crippen molar-refractivity contribution < 1.29 is 0 Å². The normalized spacial score (nSPS) is 20.0. The van der Waals surface area contributed by atoms with Crippen molar-refractivity contribution in [2.75, 3.05) is 18.0 Å². The van der Waals surface area contributed by atoms with Crippen molar-refractivity contribution in [3.8, 4) is 0 Å². The number of nitrogens with zero attached hydrogens (tertiary/aromatic N) is 6. The van der Waals surface area contributed by atoms with Gasteiger partial charge in [0.1, 0.15) is 22.8 Å². The van der Waals surface area contributed by atoms with Gasteiger partial charge in [0.25, 0.3) is 0 Å². The Morgan fingerprint density at radius 1 is 1.04 bits per heavy atom. The van der Waals surface area contributed by atoms with Crippen LogP contribution in [0.2, 0.25) is 0 Å². The molecule has 6 nitrogen and oxygen atoms in total. The van der Waals surface area contributed by atoms with Crippen LogP contribution in [0.5, 0.6) is 0 Å².